The number of hydrogen-bond acceptors (Lipinski definition) is 6. The second-order valence-electron chi connectivity index (χ2n) is 4.39. The zero-order valence-corrected chi connectivity index (χ0v) is 10.2. The Kier molecular flexibility index (Phi) is 2.58. The molecule has 3 heterocycles. The van der Waals surface area contributed by atoms with Gasteiger partial charge in [0.1, 0.15) is 0 Å². The summed E-state index contributed by atoms with van der Waals surface area (Å²) in [7, 11) is 0. The van der Waals surface area contributed by atoms with E-state index in [0.29, 0.717) is 11.9 Å². The molecule has 0 spiro atoms. The zero-order valence-electron chi connectivity index (χ0n) is 10.2. The number of anilines is 2. The van der Waals surface area contributed by atoms with Gasteiger partial charge in [-0.1, -0.05) is 0 Å². The smallest absolute Gasteiger partial charge is 0.257 e. The van der Waals surface area contributed by atoms with E-state index in [1.54, 1.807) is 4.68 Å². The van der Waals surface area contributed by atoms with Crippen LogP contribution in [-0.2, 0) is 0 Å². The van der Waals surface area contributed by atoms with Crippen molar-refractivity contribution in [3.63, 3.8) is 0 Å². The van der Waals surface area contributed by atoms with Crippen LogP contribution >= 0.6 is 0 Å². The number of nitrogen functional groups attached to an aromatic ring is 1. The number of aromatic nitrogens is 5. The Labute approximate surface area is 105 Å². The summed E-state index contributed by atoms with van der Waals surface area (Å²) in [6.45, 7) is 3.87. The van der Waals surface area contributed by atoms with Crippen LogP contribution in [0, 0.1) is 6.92 Å². The van der Waals surface area contributed by atoms with E-state index < -0.39 is 0 Å². The number of rotatable bonds is 2. The molecule has 2 N–H and O–H groups in total. The summed E-state index contributed by atoms with van der Waals surface area (Å²) in [4.78, 5) is 14.9. The maximum absolute atomic E-state index is 5.74. The summed E-state index contributed by atoms with van der Waals surface area (Å²) in [5, 5.41) is 4.28. The molecule has 18 heavy (non-hydrogen) atoms. The molecule has 1 fully saturated rings. The van der Waals surface area contributed by atoms with Gasteiger partial charge in [-0.2, -0.15) is 20.1 Å². The third kappa shape index (κ3) is 1.99. The van der Waals surface area contributed by atoms with Gasteiger partial charge in [-0.25, -0.2) is 4.68 Å². The lowest BCUT2D eigenvalue weighted by molar-refractivity contribution is 0.774. The molecule has 7 heteroatoms. The van der Waals surface area contributed by atoms with E-state index in [1.807, 2.05) is 19.2 Å². The van der Waals surface area contributed by atoms with Crippen molar-refractivity contribution in [1.82, 2.24) is 24.7 Å². The molecule has 94 valence electrons. The fraction of sp³-hybridized carbons (Fsp3) is 0.455. The van der Waals surface area contributed by atoms with Crippen molar-refractivity contribution >= 4 is 11.9 Å². The van der Waals surface area contributed by atoms with Crippen LogP contribution in [0.4, 0.5) is 11.9 Å². The van der Waals surface area contributed by atoms with Gasteiger partial charge in [0, 0.05) is 19.3 Å². The van der Waals surface area contributed by atoms with Gasteiger partial charge in [-0.15, -0.1) is 0 Å². The monoisotopic (exact) mass is 245 g/mol. The second-order valence-corrected chi connectivity index (χ2v) is 4.39. The fourth-order valence-electron chi connectivity index (χ4n) is 2.06. The highest BCUT2D eigenvalue weighted by Gasteiger charge is 2.17. The first-order chi connectivity index (χ1) is 8.72. The summed E-state index contributed by atoms with van der Waals surface area (Å²) < 4.78 is 1.62. The van der Waals surface area contributed by atoms with Gasteiger partial charge in [-0.3, -0.25) is 0 Å². The maximum atomic E-state index is 5.74. The van der Waals surface area contributed by atoms with E-state index in [-0.39, 0.29) is 5.95 Å². The Bertz CT molecular complexity index is 556. The first-order valence-corrected chi connectivity index (χ1v) is 6.01. The number of aryl methyl sites for hydroxylation is 1. The van der Waals surface area contributed by atoms with Crippen LogP contribution < -0.4 is 10.6 Å². The highest BCUT2D eigenvalue weighted by molar-refractivity contribution is 5.38. The minimum Gasteiger partial charge on any atom is -0.368 e. The average Bonchev–Trinajstić information content (AvgIpc) is 2.98. The molecule has 0 bridgehead atoms. The van der Waals surface area contributed by atoms with Crippen LogP contribution in [-0.4, -0.2) is 37.8 Å². The molecule has 1 saturated heterocycles. The van der Waals surface area contributed by atoms with Gasteiger partial charge in [0.25, 0.3) is 5.95 Å². The summed E-state index contributed by atoms with van der Waals surface area (Å²) in [5.41, 5.74) is 6.65. The summed E-state index contributed by atoms with van der Waals surface area (Å²) in [6.07, 6.45) is 4.15. The van der Waals surface area contributed by atoms with Crippen molar-refractivity contribution in [2.45, 2.75) is 19.8 Å². The normalized spacial score (nSPS) is 15.3. The molecule has 0 amide bonds. The molecule has 0 radical (unpaired) electrons. The first-order valence-electron chi connectivity index (χ1n) is 6.01. The maximum Gasteiger partial charge on any atom is 0.257 e. The van der Waals surface area contributed by atoms with Gasteiger partial charge in [0.05, 0.1) is 5.69 Å². The summed E-state index contributed by atoms with van der Waals surface area (Å²) in [5.74, 6) is 1.34. The van der Waals surface area contributed by atoms with Gasteiger partial charge in [0.15, 0.2) is 0 Å². The molecule has 0 saturated carbocycles. The third-order valence-electron chi connectivity index (χ3n) is 2.95. The van der Waals surface area contributed by atoms with E-state index in [9.17, 15) is 0 Å². The lowest BCUT2D eigenvalue weighted by atomic mass is 10.4. The van der Waals surface area contributed by atoms with Crippen molar-refractivity contribution in [2.24, 2.45) is 0 Å². The average molecular weight is 245 g/mol. The molecule has 0 aromatic carbocycles. The van der Waals surface area contributed by atoms with Crippen LogP contribution in [0.15, 0.2) is 12.3 Å². The van der Waals surface area contributed by atoms with Crippen LogP contribution in [0.25, 0.3) is 5.95 Å². The summed E-state index contributed by atoms with van der Waals surface area (Å²) >= 11 is 0. The minimum atomic E-state index is 0.232. The number of hydrogen-bond donors (Lipinski definition) is 1. The molecular weight excluding hydrogens is 230 g/mol. The van der Waals surface area contributed by atoms with Gasteiger partial charge in [-0.05, 0) is 25.8 Å². The Morgan fingerprint density at radius 2 is 1.83 bits per heavy atom. The Morgan fingerprint density at radius 1 is 1.11 bits per heavy atom. The lowest BCUT2D eigenvalue weighted by Crippen LogP contribution is -2.22. The van der Waals surface area contributed by atoms with Crippen LogP contribution in [0.1, 0.15) is 18.5 Å². The van der Waals surface area contributed by atoms with Crippen molar-refractivity contribution in [3.05, 3.63) is 18.0 Å². The van der Waals surface area contributed by atoms with Crippen molar-refractivity contribution in [1.29, 1.82) is 0 Å². The molecule has 7 nitrogen and oxygen atoms in total. The van der Waals surface area contributed by atoms with Crippen LogP contribution in [0.5, 0.6) is 0 Å². The molecule has 2 aromatic heterocycles. The molecule has 0 aliphatic carbocycles. The van der Waals surface area contributed by atoms with Gasteiger partial charge >= 0.3 is 0 Å². The molecule has 1 aliphatic heterocycles. The van der Waals surface area contributed by atoms with E-state index >= 15 is 0 Å². The van der Waals surface area contributed by atoms with Gasteiger partial charge in [0.2, 0.25) is 11.9 Å². The highest BCUT2D eigenvalue weighted by atomic mass is 15.4. The van der Waals surface area contributed by atoms with Crippen LogP contribution in [0.2, 0.25) is 0 Å². The van der Waals surface area contributed by atoms with E-state index in [4.69, 9.17) is 5.73 Å². The van der Waals surface area contributed by atoms with E-state index in [1.165, 1.54) is 12.8 Å². The van der Waals surface area contributed by atoms with Crippen molar-refractivity contribution in [3.8, 4) is 5.95 Å². The zero-order chi connectivity index (χ0) is 12.5. The summed E-state index contributed by atoms with van der Waals surface area (Å²) in [6, 6.07) is 1.90. The van der Waals surface area contributed by atoms with E-state index in [2.05, 4.69) is 25.0 Å². The van der Waals surface area contributed by atoms with Gasteiger partial charge < -0.3 is 10.6 Å². The van der Waals surface area contributed by atoms with Crippen molar-refractivity contribution < 1.29 is 0 Å². The predicted octanol–water partition coefficient (Wildman–Crippen LogP) is 0.548. The SMILES string of the molecule is Cc1ccn(-c2nc(N)nc(N3CCCC3)n2)n1. The predicted molar refractivity (Wildman–Crippen MR) is 67.5 cm³/mol. The Balaban J connectivity index is 1.99. The molecular formula is C11H15N7. The first kappa shape index (κ1) is 10.9. The second kappa shape index (κ2) is 4.25. The largest absolute Gasteiger partial charge is 0.368 e. The molecule has 0 atom stereocenters. The Hall–Kier alpha value is -2.18. The standard InChI is InChI=1S/C11H15N7/c1-8-4-7-18(16-8)11-14-9(12)13-10(15-11)17-5-2-3-6-17/h4,7H,2-3,5-6H2,1H3,(H2,12,13,14,15). The molecule has 3 rings (SSSR count). The lowest BCUT2D eigenvalue weighted by Gasteiger charge is -2.15. The quantitative estimate of drug-likeness (QED) is 0.831. The number of nitrogens with zero attached hydrogens (tertiary/aromatic N) is 6. The van der Waals surface area contributed by atoms with Crippen LogP contribution in [0.3, 0.4) is 0 Å². The highest BCUT2D eigenvalue weighted by Crippen LogP contribution is 2.17. The number of nitrogens with two attached hydrogens (primary N) is 1. The minimum absolute atomic E-state index is 0.232. The topological polar surface area (TPSA) is 85.8 Å². The molecule has 0 unspecified atom stereocenters. The van der Waals surface area contributed by atoms with E-state index in [0.717, 1.165) is 18.8 Å². The van der Waals surface area contributed by atoms with Crippen molar-refractivity contribution in [2.75, 3.05) is 23.7 Å². The third-order valence-corrected chi connectivity index (χ3v) is 2.95. The molecule has 2 aromatic rings. The Morgan fingerprint density at radius 3 is 2.50 bits per heavy atom. The molecule has 1 aliphatic rings. The fourth-order valence-corrected chi connectivity index (χ4v) is 2.06.